The number of fused-ring (bicyclic) bond motifs is 2. The van der Waals surface area contributed by atoms with Crippen LogP contribution in [0.15, 0.2) is 143 Å². The van der Waals surface area contributed by atoms with Gasteiger partial charge >= 0.3 is 0 Å². The van der Waals surface area contributed by atoms with Gasteiger partial charge in [0.2, 0.25) is 0 Å². The lowest BCUT2D eigenvalue weighted by atomic mass is 9.66. The third-order valence-electron chi connectivity index (χ3n) is 9.02. The Morgan fingerprint density at radius 1 is 0.925 bits per heavy atom. The molecule has 1 aliphatic heterocycles. The highest BCUT2D eigenvalue weighted by molar-refractivity contribution is 7.86. The summed E-state index contributed by atoms with van der Waals surface area (Å²) in [4.78, 5) is 4.87. The van der Waals surface area contributed by atoms with Crippen LogP contribution in [0.1, 0.15) is 17.8 Å². The SMILES string of the molecule is Cc1nc2cccc3c2n1-c1ccc(C2=C4C=CC=C5C=CC6=C(C(=C2)CC=C6)C54)cc1P3(=O)c1ccccc1. The van der Waals surface area contributed by atoms with Crippen molar-refractivity contribution in [3.05, 3.63) is 155 Å². The van der Waals surface area contributed by atoms with Crippen LogP contribution in [0.3, 0.4) is 0 Å². The molecular formula is C36H25N2OP. The minimum atomic E-state index is -3.17. The fraction of sp³-hybridized carbons (Fsp3) is 0.0833. The number of imidazole rings is 1. The van der Waals surface area contributed by atoms with E-state index in [1.807, 2.05) is 55.5 Å². The Bertz CT molecular complexity index is 2110. The van der Waals surface area contributed by atoms with E-state index in [1.54, 1.807) is 0 Å². The van der Waals surface area contributed by atoms with Crippen molar-refractivity contribution in [2.75, 3.05) is 0 Å². The summed E-state index contributed by atoms with van der Waals surface area (Å²) in [6.07, 6.45) is 19.1. The smallest absolute Gasteiger partial charge is 0.175 e. The second-order valence-corrected chi connectivity index (χ2v) is 13.8. The lowest BCUT2D eigenvalue weighted by Crippen LogP contribution is -2.33. The minimum absolute atomic E-state index is 0.248. The third-order valence-corrected chi connectivity index (χ3v) is 12.1. The molecule has 3 nitrogen and oxygen atoms in total. The van der Waals surface area contributed by atoms with E-state index in [0.717, 1.165) is 50.4 Å². The van der Waals surface area contributed by atoms with Crippen LogP contribution in [0.2, 0.25) is 0 Å². The molecule has 9 rings (SSSR count). The second-order valence-electron chi connectivity index (χ2n) is 11.1. The zero-order valence-electron chi connectivity index (χ0n) is 22.0. The van der Waals surface area contributed by atoms with Gasteiger partial charge in [0.05, 0.1) is 16.7 Å². The predicted octanol–water partition coefficient (Wildman–Crippen LogP) is 6.92. The molecule has 3 aromatic carbocycles. The molecule has 0 saturated carbocycles. The van der Waals surface area contributed by atoms with Gasteiger partial charge in [-0.3, -0.25) is 4.57 Å². The van der Waals surface area contributed by atoms with E-state index in [0.29, 0.717) is 0 Å². The second kappa shape index (κ2) is 7.81. The van der Waals surface area contributed by atoms with Gasteiger partial charge in [-0.2, -0.15) is 0 Å². The van der Waals surface area contributed by atoms with Crippen molar-refractivity contribution >= 4 is 39.7 Å². The Morgan fingerprint density at radius 2 is 1.82 bits per heavy atom. The quantitative estimate of drug-likeness (QED) is 0.231. The number of hydrogen-bond donors (Lipinski definition) is 0. The van der Waals surface area contributed by atoms with Gasteiger partial charge < -0.3 is 4.57 Å². The first kappa shape index (κ1) is 22.4. The van der Waals surface area contributed by atoms with Crippen molar-refractivity contribution in [2.24, 2.45) is 5.92 Å². The summed E-state index contributed by atoms with van der Waals surface area (Å²) < 4.78 is 17.8. The van der Waals surface area contributed by atoms with Crippen molar-refractivity contribution in [2.45, 2.75) is 13.3 Å². The monoisotopic (exact) mass is 532 g/mol. The van der Waals surface area contributed by atoms with Crippen molar-refractivity contribution in [1.29, 1.82) is 0 Å². The Morgan fingerprint density at radius 3 is 2.73 bits per heavy atom. The van der Waals surface area contributed by atoms with Gasteiger partial charge in [-0.1, -0.05) is 91.1 Å². The molecule has 0 radical (unpaired) electrons. The largest absolute Gasteiger partial charge is 0.308 e. The van der Waals surface area contributed by atoms with E-state index in [2.05, 4.69) is 71.4 Å². The summed E-state index contributed by atoms with van der Waals surface area (Å²) >= 11 is 0. The van der Waals surface area contributed by atoms with Gasteiger partial charge in [0.25, 0.3) is 0 Å². The number of aryl methyl sites for hydroxylation is 1. The first-order chi connectivity index (χ1) is 19.6. The van der Waals surface area contributed by atoms with E-state index >= 15 is 4.57 Å². The van der Waals surface area contributed by atoms with Crippen molar-refractivity contribution < 1.29 is 4.57 Å². The number of nitrogens with zero attached hydrogens (tertiary/aromatic N) is 2. The van der Waals surface area contributed by atoms with Gasteiger partial charge in [-0.15, -0.1) is 0 Å². The van der Waals surface area contributed by atoms with E-state index in [1.165, 1.54) is 33.4 Å². The van der Waals surface area contributed by atoms with Gasteiger partial charge in [0.1, 0.15) is 5.82 Å². The molecule has 2 unspecified atom stereocenters. The number of allylic oxidation sites excluding steroid dienone is 14. The van der Waals surface area contributed by atoms with Crippen LogP contribution in [-0.4, -0.2) is 9.55 Å². The highest BCUT2D eigenvalue weighted by Crippen LogP contribution is 2.52. The van der Waals surface area contributed by atoms with Crippen LogP contribution < -0.4 is 15.9 Å². The van der Waals surface area contributed by atoms with Crippen molar-refractivity contribution in [3.8, 4) is 5.69 Å². The number of para-hydroxylation sites is 1. The molecule has 190 valence electrons. The number of hydrogen-bond acceptors (Lipinski definition) is 2. The molecule has 5 aliphatic rings. The molecule has 40 heavy (non-hydrogen) atoms. The lowest BCUT2D eigenvalue weighted by molar-refractivity contribution is 0.592. The molecule has 0 amide bonds. The fourth-order valence-corrected chi connectivity index (χ4v) is 10.4. The first-order valence-corrected chi connectivity index (χ1v) is 15.6. The molecule has 0 bridgehead atoms. The normalized spacial score (nSPS) is 23.3. The van der Waals surface area contributed by atoms with E-state index in [-0.39, 0.29) is 5.92 Å². The van der Waals surface area contributed by atoms with Crippen molar-refractivity contribution in [1.82, 2.24) is 9.55 Å². The summed E-state index contributed by atoms with van der Waals surface area (Å²) in [7, 11) is -3.17. The molecule has 2 heterocycles. The van der Waals surface area contributed by atoms with Gasteiger partial charge in [-0.25, -0.2) is 4.98 Å². The van der Waals surface area contributed by atoms with E-state index in [9.17, 15) is 0 Å². The number of aromatic nitrogens is 2. The van der Waals surface area contributed by atoms with Crippen LogP contribution in [0.25, 0.3) is 22.3 Å². The van der Waals surface area contributed by atoms with Gasteiger partial charge in [-0.05, 0) is 76.6 Å². The lowest BCUT2D eigenvalue weighted by Gasteiger charge is -2.37. The summed E-state index contributed by atoms with van der Waals surface area (Å²) in [5.74, 6) is 1.16. The van der Waals surface area contributed by atoms with Crippen LogP contribution in [0.4, 0.5) is 0 Å². The number of rotatable bonds is 2. The molecular weight excluding hydrogens is 507 g/mol. The Hall–Kier alpha value is -4.46. The van der Waals surface area contributed by atoms with E-state index < -0.39 is 7.14 Å². The Labute approximate surface area is 233 Å². The third kappa shape index (κ3) is 2.75. The minimum Gasteiger partial charge on any atom is -0.308 e. The molecule has 4 aliphatic carbocycles. The highest BCUT2D eigenvalue weighted by Gasteiger charge is 2.40. The molecule has 1 aromatic heterocycles. The molecule has 2 atom stereocenters. The zero-order valence-corrected chi connectivity index (χ0v) is 22.9. The maximum atomic E-state index is 15.6. The number of benzene rings is 3. The topological polar surface area (TPSA) is 34.9 Å². The predicted molar refractivity (Wildman–Crippen MR) is 164 cm³/mol. The summed E-state index contributed by atoms with van der Waals surface area (Å²) in [5, 5.41) is 2.61. The van der Waals surface area contributed by atoms with Crippen LogP contribution in [-0.2, 0) is 4.57 Å². The van der Waals surface area contributed by atoms with Crippen LogP contribution in [0, 0.1) is 12.8 Å². The van der Waals surface area contributed by atoms with Crippen LogP contribution >= 0.6 is 7.14 Å². The molecule has 4 aromatic rings. The maximum Gasteiger partial charge on any atom is 0.175 e. The first-order valence-electron chi connectivity index (χ1n) is 13.8. The highest BCUT2D eigenvalue weighted by atomic mass is 31.2. The van der Waals surface area contributed by atoms with Crippen molar-refractivity contribution in [3.63, 3.8) is 0 Å². The molecule has 4 heteroatoms. The molecule has 0 spiro atoms. The van der Waals surface area contributed by atoms with Crippen LogP contribution in [0.5, 0.6) is 0 Å². The Balaban J connectivity index is 1.34. The zero-order chi connectivity index (χ0) is 26.6. The molecule has 0 saturated heterocycles. The van der Waals surface area contributed by atoms with E-state index in [4.69, 9.17) is 4.98 Å². The average molecular weight is 533 g/mol. The molecule has 0 fully saturated rings. The molecule has 0 N–H and O–H groups in total. The van der Waals surface area contributed by atoms with Gasteiger partial charge in [0.15, 0.2) is 7.14 Å². The Kier molecular flexibility index (Phi) is 4.37. The summed E-state index contributed by atoms with van der Waals surface area (Å²) in [6.45, 7) is 2.04. The fourth-order valence-electron chi connectivity index (χ4n) is 7.33. The summed E-state index contributed by atoms with van der Waals surface area (Å²) in [6, 6.07) is 22.6. The standard InChI is InChI=1S/C36H25N2OP/c1-22-37-30-14-7-15-32-36(30)38(22)31-19-18-25(21-33(31)40(32,39)27-11-3-2-4-12-27)29-20-26-10-5-8-23-16-17-24-9-6-13-28(29)35(24)34(23)26/h2-9,11-21,35H,10H2,1H3. The van der Waals surface area contributed by atoms with Gasteiger partial charge in [0, 0.05) is 21.8 Å². The summed E-state index contributed by atoms with van der Waals surface area (Å²) in [5.41, 5.74) is 12.0. The maximum absolute atomic E-state index is 15.6. The average Bonchev–Trinajstić information content (AvgIpc) is 3.35.